The lowest BCUT2D eigenvalue weighted by Gasteiger charge is -2.01. The first-order valence-corrected chi connectivity index (χ1v) is 5.26. The first-order valence-electron chi connectivity index (χ1n) is 4.47. The molecule has 0 saturated heterocycles. The zero-order valence-corrected chi connectivity index (χ0v) is 9.18. The lowest BCUT2D eigenvalue weighted by Crippen LogP contribution is -1.83. The molecule has 1 N–H and O–H groups in total. The van der Waals surface area contributed by atoms with Crippen molar-refractivity contribution in [3.63, 3.8) is 0 Å². The molecule has 3 aromatic rings. The molecule has 0 aliphatic heterocycles. The van der Waals surface area contributed by atoms with Crippen LogP contribution in [0.15, 0.2) is 35.1 Å². The van der Waals surface area contributed by atoms with Gasteiger partial charge in [0.25, 0.3) is 0 Å². The Labute approximate surface area is 93.3 Å². The molecule has 0 radical (unpaired) electrons. The quantitative estimate of drug-likeness (QED) is 0.660. The summed E-state index contributed by atoms with van der Waals surface area (Å²) in [6.45, 7) is 0. The van der Waals surface area contributed by atoms with Gasteiger partial charge in [-0.25, -0.2) is 9.37 Å². The van der Waals surface area contributed by atoms with Gasteiger partial charge in [0.05, 0.1) is 21.8 Å². The van der Waals surface area contributed by atoms with Crippen molar-refractivity contribution in [3.05, 3.63) is 40.9 Å². The molecule has 74 valence electrons. The highest BCUT2D eigenvalue weighted by Crippen LogP contribution is 2.28. The molecule has 15 heavy (non-hydrogen) atoms. The highest BCUT2D eigenvalue weighted by atomic mass is 79.9. The first-order chi connectivity index (χ1) is 7.27. The van der Waals surface area contributed by atoms with E-state index in [0.29, 0.717) is 9.86 Å². The van der Waals surface area contributed by atoms with Crippen LogP contribution in [0.5, 0.6) is 0 Å². The number of imidazole rings is 1. The van der Waals surface area contributed by atoms with Crippen LogP contribution in [0, 0.1) is 5.82 Å². The molecule has 4 heteroatoms. The second-order valence-electron chi connectivity index (χ2n) is 3.32. The molecule has 0 aliphatic rings. The molecule has 0 aliphatic carbocycles. The van der Waals surface area contributed by atoms with Crippen molar-refractivity contribution in [2.45, 2.75) is 0 Å². The molecule has 0 atom stereocenters. The standard InChI is InChI=1S/C11H6BrFN2/c12-8-3-1-7-6(10(8)13)2-4-9-11(7)15-5-14-9/h1-5H,(H,14,15). The molecule has 0 spiro atoms. The molecular weight excluding hydrogens is 259 g/mol. The third kappa shape index (κ3) is 1.18. The summed E-state index contributed by atoms with van der Waals surface area (Å²) in [6.07, 6.45) is 1.62. The van der Waals surface area contributed by atoms with E-state index < -0.39 is 0 Å². The van der Waals surface area contributed by atoms with Gasteiger partial charge in [-0.05, 0) is 34.1 Å². The van der Waals surface area contributed by atoms with Gasteiger partial charge >= 0.3 is 0 Å². The highest BCUT2D eigenvalue weighted by Gasteiger charge is 2.08. The fraction of sp³-hybridized carbons (Fsp3) is 0. The monoisotopic (exact) mass is 264 g/mol. The van der Waals surface area contributed by atoms with Crippen LogP contribution < -0.4 is 0 Å². The van der Waals surface area contributed by atoms with Crippen LogP contribution in [0.3, 0.4) is 0 Å². The summed E-state index contributed by atoms with van der Waals surface area (Å²) in [5.74, 6) is -0.239. The molecule has 2 aromatic carbocycles. The topological polar surface area (TPSA) is 28.7 Å². The van der Waals surface area contributed by atoms with E-state index in [1.54, 1.807) is 18.5 Å². The van der Waals surface area contributed by atoms with E-state index in [-0.39, 0.29) is 5.82 Å². The van der Waals surface area contributed by atoms with Crippen molar-refractivity contribution in [2.75, 3.05) is 0 Å². The molecule has 1 aromatic heterocycles. The Morgan fingerprint density at radius 2 is 1.93 bits per heavy atom. The van der Waals surface area contributed by atoms with Gasteiger partial charge in [0.1, 0.15) is 5.82 Å². The number of hydrogen-bond donors (Lipinski definition) is 1. The van der Waals surface area contributed by atoms with Gasteiger partial charge in [0.2, 0.25) is 0 Å². The fourth-order valence-electron chi connectivity index (χ4n) is 1.75. The minimum atomic E-state index is -0.239. The smallest absolute Gasteiger partial charge is 0.145 e. The van der Waals surface area contributed by atoms with E-state index in [1.807, 2.05) is 12.1 Å². The van der Waals surface area contributed by atoms with Crippen LogP contribution in [0.25, 0.3) is 21.8 Å². The Morgan fingerprint density at radius 1 is 1.13 bits per heavy atom. The van der Waals surface area contributed by atoms with E-state index >= 15 is 0 Å². The minimum Gasteiger partial charge on any atom is -0.345 e. The molecule has 1 heterocycles. The van der Waals surface area contributed by atoms with Crippen LogP contribution in [0.1, 0.15) is 0 Å². The number of nitrogens with one attached hydrogen (secondary N) is 1. The van der Waals surface area contributed by atoms with Gasteiger partial charge in [0, 0.05) is 10.8 Å². The third-order valence-electron chi connectivity index (χ3n) is 2.47. The third-order valence-corrected chi connectivity index (χ3v) is 3.09. The van der Waals surface area contributed by atoms with Gasteiger partial charge in [-0.1, -0.05) is 6.07 Å². The van der Waals surface area contributed by atoms with Crippen molar-refractivity contribution < 1.29 is 4.39 Å². The van der Waals surface area contributed by atoms with Gasteiger partial charge < -0.3 is 4.98 Å². The van der Waals surface area contributed by atoms with Gasteiger partial charge in [0.15, 0.2) is 0 Å². The number of nitrogens with zero attached hydrogens (tertiary/aromatic N) is 1. The molecule has 2 nitrogen and oxygen atoms in total. The zero-order chi connectivity index (χ0) is 10.4. The number of fused-ring (bicyclic) bond motifs is 3. The van der Waals surface area contributed by atoms with Crippen LogP contribution in [0.2, 0.25) is 0 Å². The highest BCUT2D eigenvalue weighted by molar-refractivity contribution is 9.10. The number of hydrogen-bond acceptors (Lipinski definition) is 1. The fourth-order valence-corrected chi connectivity index (χ4v) is 2.09. The van der Waals surface area contributed by atoms with Gasteiger partial charge in [-0.3, -0.25) is 0 Å². The second-order valence-corrected chi connectivity index (χ2v) is 4.18. The van der Waals surface area contributed by atoms with E-state index in [0.717, 1.165) is 16.4 Å². The van der Waals surface area contributed by atoms with E-state index in [9.17, 15) is 4.39 Å². The molecule has 0 fully saturated rings. The predicted molar refractivity (Wildman–Crippen MR) is 61.3 cm³/mol. The maximum Gasteiger partial charge on any atom is 0.145 e. The van der Waals surface area contributed by atoms with Crippen molar-refractivity contribution in [2.24, 2.45) is 0 Å². The summed E-state index contributed by atoms with van der Waals surface area (Å²) in [6, 6.07) is 7.16. The van der Waals surface area contributed by atoms with Crippen LogP contribution in [0.4, 0.5) is 4.39 Å². The summed E-state index contributed by atoms with van der Waals surface area (Å²) in [4.78, 5) is 7.18. The molecule has 0 bridgehead atoms. The van der Waals surface area contributed by atoms with Crippen molar-refractivity contribution in [3.8, 4) is 0 Å². The molecule has 0 saturated carbocycles. The first kappa shape index (κ1) is 8.85. The lowest BCUT2D eigenvalue weighted by atomic mass is 10.1. The molecular formula is C11H6BrFN2. The summed E-state index contributed by atoms with van der Waals surface area (Å²) in [7, 11) is 0. The summed E-state index contributed by atoms with van der Waals surface area (Å²) < 4.78 is 14.2. The zero-order valence-electron chi connectivity index (χ0n) is 7.59. The summed E-state index contributed by atoms with van der Waals surface area (Å²) >= 11 is 3.17. The Hall–Kier alpha value is -1.42. The van der Waals surface area contributed by atoms with E-state index in [1.165, 1.54) is 0 Å². The maximum atomic E-state index is 13.7. The molecule has 0 unspecified atom stereocenters. The number of halogens is 2. The predicted octanol–water partition coefficient (Wildman–Crippen LogP) is 3.62. The Balaban J connectivity index is 2.60. The SMILES string of the molecule is Fc1c(Br)ccc2c1ccc1[nH]cnc12. The van der Waals surface area contributed by atoms with Crippen LogP contribution in [-0.4, -0.2) is 9.97 Å². The van der Waals surface area contributed by atoms with Crippen molar-refractivity contribution >= 4 is 37.7 Å². The second kappa shape index (κ2) is 3.03. The normalized spacial score (nSPS) is 11.3. The van der Waals surface area contributed by atoms with Crippen LogP contribution in [-0.2, 0) is 0 Å². The number of aromatic nitrogens is 2. The number of H-pyrrole nitrogens is 1. The largest absolute Gasteiger partial charge is 0.345 e. The van der Waals surface area contributed by atoms with Gasteiger partial charge in [-0.15, -0.1) is 0 Å². The Kier molecular flexibility index (Phi) is 1.79. The summed E-state index contributed by atoms with van der Waals surface area (Å²) in [5.41, 5.74) is 1.73. The number of rotatable bonds is 0. The lowest BCUT2D eigenvalue weighted by molar-refractivity contribution is 0.633. The average Bonchev–Trinajstić information content (AvgIpc) is 2.71. The Bertz CT molecular complexity index is 660. The summed E-state index contributed by atoms with van der Waals surface area (Å²) in [5, 5.41) is 1.42. The minimum absolute atomic E-state index is 0.239. The van der Waals surface area contributed by atoms with Crippen LogP contribution >= 0.6 is 15.9 Å². The maximum absolute atomic E-state index is 13.7. The average molecular weight is 265 g/mol. The van der Waals surface area contributed by atoms with Gasteiger partial charge in [-0.2, -0.15) is 0 Å². The van der Waals surface area contributed by atoms with E-state index in [4.69, 9.17) is 0 Å². The number of benzene rings is 2. The molecule has 3 rings (SSSR count). The van der Waals surface area contributed by atoms with E-state index in [2.05, 4.69) is 25.9 Å². The van der Waals surface area contributed by atoms with Crippen molar-refractivity contribution in [1.29, 1.82) is 0 Å². The Morgan fingerprint density at radius 3 is 2.80 bits per heavy atom. The van der Waals surface area contributed by atoms with Crippen molar-refractivity contribution in [1.82, 2.24) is 9.97 Å². The molecule has 0 amide bonds. The number of aromatic amines is 1.